The molecule has 5 rings (SSSR count). The van der Waals surface area contributed by atoms with Crippen molar-refractivity contribution < 1.29 is 4.52 Å². The van der Waals surface area contributed by atoms with Gasteiger partial charge in [-0.15, -0.1) is 10.2 Å². The third kappa shape index (κ3) is 4.04. The lowest BCUT2D eigenvalue weighted by atomic mass is 10.1. The third-order valence-corrected chi connectivity index (χ3v) is 6.06. The van der Waals surface area contributed by atoms with Gasteiger partial charge in [0, 0.05) is 23.5 Å². The van der Waals surface area contributed by atoms with Crippen molar-refractivity contribution in [2.75, 3.05) is 0 Å². The van der Waals surface area contributed by atoms with E-state index in [-0.39, 0.29) is 0 Å². The van der Waals surface area contributed by atoms with Gasteiger partial charge in [-0.05, 0) is 49.2 Å². The van der Waals surface area contributed by atoms with Crippen molar-refractivity contribution >= 4 is 11.8 Å². The Labute approximate surface area is 189 Å². The summed E-state index contributed by atoms with van der Waals surface area (Å²) in [6, 6.07) is 20.0. The van der Waals surface area contributed by atoms with Gasteiger partial charge in [-0.25, -0.2) is 0 Å². The summed E-state index contributed by atoms with van der Waals surface area (Å²) in [5, 5.41) is 13.8. The molecular weight excluding hydrogens is 420 g/mol. The van der Waals surface area contributed by atoms with Crippen LogP contribution in [0.5, 0.6) is 0 Å². The smallest absolute Gasteiger partial charge is 0.237 e. The van der Waals surface area contributed by atoms with Crippen LogP contribution >= 0.6 is 11.8 Å². The van der Waals surface area contributed by atoms with E-state index < -0.39 is 0 Å². The maximum absolute atomic E-state index is 5.47. The largest absolute Gasteiger partial charge is 0.338 e. The quantitative estimate of drug-likeness (QED) is 0.332. The van der Waals surface area contributed by atoms with Gasteiger partial charge in [0.05, 0.1) is 11.4 Å². The van der Waals surface area contributed by atoms with Crippen LogP contribution in [0.4, 0.5) is 0 Å². The fourth-order valence-corrected chi connectivity index (χ4v) is 4.08. The maximum atomic E-state index is 5.47. The van der Waals surface area contributed by atoms with Gasteiger partial charge in [-0.2, -0.15) is 4.98 Å². The summed E-state index contributed by atoms with van der Waals surface area (Å²) < 4.78 is 7.52. The van der Waals surface area contributed by atoms with Gasteiger partial charge in [0.15, 0.2) is 11.0 Å². The molecule has 0 unspecified atom stereocenters. The van der Waals surface area contributed by atoms with Crippen LogP contribution < -0.4 is 0 Å². The molecule has 0 aliphatic rings. The molecule has 0 amide bonds. The number of benzene rings is 2. The Hall–Kier alpha value is -3.78. The molecule has 0 bridgehead atoms. The number of thioether (sulfide) groups is 1. The normalized spacial score (nSPS) is 11.1. The SMILES string of the molecule is Cc1ccc(-n2c(SCc3nc(-c4ccccc4)no3)nnc2-c2ccncc2)cc1C. The highest BCUT2D eigenvalue weighted by Gasteiger charge is 2.18. The average Bonchev–Trinajstić information content (AvgIpc) is 3.48. The lowest BCUT2D eigenvalue weighted by molar-refractivity contribution is 0.391. The highest BCUT2D eigenvalue weighted by Crippen LogP contribution is 2.30. The molecule has 158 valence electrons. The van der Waals surface area contributed by atoms with Crippen LogP contribution in [0, 0.1) is 13.8 Å². The zero-order chi connectivity index (χ0) is 21.9. The molecule has 0 atom stereocenters. The highest BCUT2D eigenvalue weighted by molar-refractivity contribution is 7.98. The topological polar surface area (TPSA) is 82.5 Å². The lowest BCUT2D eigenvalue weighted by Crippen LogP contribution is -2.01. The molecule has 3 aromatic heterocycles. The van der Waals surface area contributed by atoms with Gasteiger partial charge in [0.25, 0.3) is 0 Å². The number of hydrogen-bond acceptors (Lipinski definition) is 7. The van der Waals surface area contributed by atoms with E-state index in [1.807, 2.05) is 42.5 Å². The van der Waals surface area contributed by atoms with Crippen molar-refractivity contribution in [1.82, 2.24) is 29.9 Å². The Balaban J connectivity index is 1.47. The minimum Gasteiger partial charge on any atom is -0.338 e. The molecule has 0 spiro atoms. The first-order valence-electron chi connectivity index (χ1n) is 10.1. The van der Waals surface area contributed by atoms with E-state index in [4.69, 9.17) is 4.52 Å². The zero-order valence-electron chi connectivity index (χ0n) is 17.6. The Bertz CT molecular complexity index is 1350. The van der Waals surface area contributed by atoms with E-state index in [0.29, 0.717) is 17.5 Å². The summed E-state index contributed by atoms with van der Waals surface area (Å²) in [4.78, 5) is 8.64. The summed E-state index contributed by atoms with van der Waals surface area (Å²) in [6.45, 7) is 4.20. The van der Waals surface area contributed by atoms with Gasteiger partial charge in [-0.3, -0.25) is 9.55 Å². The minimum absolute atomic E-state index is 0.485. The van der Waals surface area contributed by atoms with Crippen LogP contribution in [-0.2, 0) is 5.75 Å². The molecule has 0 aliphatic carbocycles. The number of nitrogens with zero attached hydrogens (tertiary/aromatic N) is 6. The summed E-state index contributed by atoms with van der Waals surface area (Å²) >= 11 is 1.51. The molecule has 0 fully saturated rings. The van der Waals surface area contributed by atoms with Crippen molar-refractivity contribution in [3.8, 4) is 28.5 Å². The molecule has 0 aliphatic heterocycles. The van der Waals surface area contributed by atoms with Crippen molar-refractivity contribution in [3.05, 3.63) is 90.1 Å². The van der Waals surface area contributed by atoms with Gasteiger partial charge < -0.3 is 4.52 Å². The summed E-state index contributed by atoms with van der Waals surface area (Å²) in [6.07, 6.45) is 3.51. The van der Waals surface area contributed by atoms with E-state index in [1.54, 1.807) is 12.4 Å². The van der Waals surface area contributed by atoms with Crippen molar-refractivity contribution in [3.63, 3.8) is 0 Å². The molecule has 32 heavy (non-hydrogen) atoms. The second-order valence-corrected chi connectivity index (χ2v) is 8.25. The van der Waals surface area contributed by atoms with E-state index in [0.717, 1.165) is 27.8 Å². The molecule has 0 radical (unpaired) electrons. The van der Waals surface area contributed by atoms with Crippen LogP contribution in [0.15, 0.2) is 82.7 Å². The van der Waals surface area contributed by atoms with Crippen molar-refractivity contribution in [1.29, 1.82) is 0 Å². The number of hydrogen-bond donors (Lipinski definition) is 0. The molecule has 7 nitrogen and oxygen atoms in total. The average molecular weight is 441 g/mol. The molecule has 2 aromatic carbocycles. The van der Waals surface area contributed by atoms with E-state index in [2.05, 4.69) is 61.9 Å². The Morgan fingerprint density at radius 3 is 2.47 bits per heavy atom. The van der Waals surface area contributed by atoms with Crippen LogP contribution in [-0.4, -0.2) is 29.9 Å². The minimum atomic E-state index is 0.485. The lowest BCUT2D eigenvalue weighted by Gasteiger charge is -2.11. The maximum Gasteiger partial charge on any atom is 0.237 e. The van der Waals surface area contributed by atoms with E-state index in [9.17, 15) is 0 Å². The molecule has 0 saturated carbocycles. The Morgan fingerprint density at radius 2 is 1.69 bits per heavy atom. The first kappa shape index (κ1) is 20.1. The first-order valence-corrected chi connectivity index (χ1v) is 11.1. The predicted octanol–water partition coefficient (Wildman–Crippen LogP) is 5.29. The van der Waals surface area contributed by atoms with Crippen molar-refractivity contribution in [2.45, 2.75) is 24.8 Å². The predicted molar refractivity (Wildman–Crippen MR) is 123 cm³/mol. The second-order valence-electron chi connectivity index (χ2n) is 7.31. The monoisotopic (exact) mass is 440 g/mol. The molecule has 5 aromatic rings. The second kappa shape index (κ2) is 8.76. The standard InChI is InChI=1S/C24H20N6OS/c1-16-8-9-20(14-17(16)2)30-23(19-10-12-25-13-11-19)27-28-24(30)32-15-21-26-22(29-31-21)18-6-4-3-5-7-18/h3-14H,15H2,1-2H3. The van der Waals surface area contributed by atoms with E-state index in [1.165, 1.54) is 22.9 Å². The number of pyridine rings is 1. The van der Waals surface area contributed by atoms with Gasteiger partial charge in [0.1, 0.15) is 0 Å². The number of aromatic nitrogens is 6. The van der Waals surface area contributed by atoms with E-state index >= 15 is 0 Å². The zero-order valence-corrected chi connectivity index (χ0v) is 18.5. The van der Waals surface area contributed by atoms with Gasteiger partial charge in [-0.1, -0.05) is 53.3 Å². The third-order valence-electron chi connectivity index (χ3n) is 5.15. The summed E-state index contributed by atoms with van der Waals surface area (Å²) in [7, 11) is 0. The summed E-state index contributed by atoms with van der Waals surface area (Å²) in [5.74, 6) is 2.36. The molecule has 0 saturated heterocycles. The molecular formula is C24H20N6OS. The van der Waals surface area contributed by atoms with Gasteiger partial charge in [0.2, 0.25) is 11.7 Å². The fourth-order valence-electron chi connectivity index (χ4n) is 3.29. The van der Waals surface area contributed by atoms with Crippen LogP contribution in [0.1, 0.15) is 17.0 Å². The fraction of sp³-hybridized carbons (Fsp3) is 0.125. The Kier molecular flexibility index (Phi) is 5.51. The molecule has 0 N–H and O–H groups in total. The highest BCUT2D eigenvalue weighted by atomic mass is 32.2. The van der Waals surface area contributed by atoms with Crippen LogP contribution in [0.3, 0.4) is 0 Å². The number of aryl methyl sites for hydroxylation is 2. The summed E-state index contributed by atoms with van der Waals surface area (Å²) in [5.41, 5.74) is 5.31. The molecule has 3 heterocycles. The molecule has 8 heteroatoms. The van der Waals surface area contributed by atoms with Crippen LogP contribution in [0.2, 0.25) is 0 Å². The number of rotatable bonds is 6. The Morgan fingerprint density at radius 1 is 0.875 bits per heavy atom. The van der Waals surface area contributed by atoms with Gasteiger partial charge >= 0.3 is 0 Å². The first-order chi connectivity index (χ1) is 15.7. The van der Waals surface area contributed by atoms with Crippen LogP contribution in [0.25, 0.3) is 28.5 Å². The van der Waals surface area contributed by atoms with Crippen molar-refractivity contribution in [2.24, 2.45) is 0 Å².